The molecule has 1 amide bonds. The van der Waals surface area contributed by atoms with Gasteiger partial charge in [-0.2, -0.15) is 0 Å². The molecule has 0 aliphatic carbocycles. The lowest BCUT2D eigenvalue weighted by molar-refractivity contribution is -0.136. The Balaban J connectivity index is 1.83. The van der Waals surface area contributed by atoms with Crippen LogP contribution in [0.2, 0.25) is 0 Å². The van der Waals surface area contributed by atoms with Crippen molar-refractivity contribution in [2.45, 2.75) is 32.5 Å². The molecule has 0 fully saturated rings. The second kappa shape index (κ2) is 5.37. The normalized spacial score (nSPS) is 19.2. The van der Waals surface area contributed by atoms with Crippen molar-refractivity contribution in [3.63, 3.8) is 0 Å². The molecule has 3 rings (SSSR count). The van der Waals surface area contributed by atoms with Gasteiger partial charge in [0.25, 0.3) is 0 Å². The standard InChI is InChI=1S/C17H21N3O/c1-12-8-9-15-13(2)20(11-10-19(12)15)17(21)16(18)14-6-4-3-5-7-14/h3-9,13,16H,10-11,18H2,1-2H3. The minimum absolute atomic E-state index is 0.00111. The van der Waals surface area contributed by atoms with Gasteiger partial charge in [0, 0.05) is 24.5 Å². The summed E-state index contributed by atoms with van der Waals surface area (Å²) in [6.07, 6.45) is 0. The van der Waals surface area contributed by atoms with Gasteiger partial charge in [-0.25, -0.2) is 0 Å². The topological polar surface area (TPSA) is 51.3 Å². The molecule has 2 aromatic rings. The summed E-state index contributed by atoms with van der Waals surface area (Å²) in [6.45, 7) is 5.72. The molecule has 0 saturated carbocycles. The van der Waals surface area contributed by atoms with Gasteiger partial charge >= 0.3 is 0 Å². The molecule has 21 heavy (non-hydrogen) atoms. The van der Waals surface area contributed by atoms with Crippen LogP contribution in [-0.4, -0.2) is 21.9 Å². The number of carbonyl (C=O) groups is 1. The maximum absolute atomic E-state index is 12.7. The average Bonchev–Trinajstić information content (AvgIpc) is 2.89. The molecule has 2 unspecified atom stereocenters. The van der Waals surface area contributed by atoms with Crippen molar-refractivity contribution < 1.29 is 4.79 Å². The van der Waals surface area contributed by atoms with E-state index >= 15 is 0 Å². The fourth-order valence-corrected chi connectivity index (χ4v) is 3.10. The summed E-state index contributed by atoms with van der Waals surface area (Å²) in [5, 5.41) is 0. The van der Waals surface area contributed by atoms with Crippen molar-refractivity contribution in [3.8, 4) is 0 Å². The number of benzene rings is 1. The molecular weight excluding hydrogens is 262 g/mol. The molecule has 0 radical (unpaired) electrons. The Morgan fingerprint density at radius 2 is 1.90 bits per heavy atom. The van der Waals surface area contributed by atoms with E-state index in [1.807, 2.05) is 35.2 Å². The van der Waals surface area contributed by atoms with E-state index in [4.69, 9.17) is 5.73 Å². The van der Waals surface area contributed by atoms with E-state index in [9.17, 15) is 4.79 Å². The van der Waals surface area contributed by atoms with E-state index in [-0.39, 0.29) is 11.9 Å². The highest BCUT2D eigenvalue weighted by molar-refractivity contribution is 5.83. The summed E-state index contributed by atoms with van der Waals surface area (Å²) >= 11 is 0. The first-order chi connectivity index (χ1) is 10.1. The van der Waals surface area contributed by atoms with Gasteiger partial charge < -0.3 is 15.2 Å². The Bertz CT molecular complexity index is 647. The van der Waals surface area contributed by atoms with Gasteiger partial charge in [0.1, 0.15) is 6.04 Å². The largest absolute Gasteiger partial charge is 0.345 e. The molecule has 1 aliphatic rings. The molecule has 110 valence electrons. The molecule has 2 atom stereocenters. The fraction of sp³-hybridized carbons (Fsp3) is 0.353. The van der Waals surface area contributed by atoms with Crippen LogP contribution in [0.1, 0.15) is 36.0 Å². The molecule has 1 aromatic heterocycles. The molecule has 2 N–H and O–H groups in total. The summed E-state index contributed by atoms with van der Waals surface area (Å²) < 4.78 is 2.28. The molecule has 2 heterocycles. The fourth-order valence-electron chi connectivity index (χ4n) is 3.10. The number of hydrogen-bond acceptors (Lipinski definition) is 2. The van der Waals surface area contributed by atoms with Gasteiger partial charge in [-0.3, -0.25) is 4.79 Å². The average molecular weight is 283 g/mol. The third-order valence-electron chi connectivity index (χ3n) is 4.40. The molecule has 4 nitrogen and oxygen atoms in total. The number of nitrogens with two attached hydrogens (primary N) is 1. The van der Waals surface area contributed by atoms with Crippen molar-refractivity contribution in [2.24, 2.45) is 5.73 Å². The molecule has 0 saturated heterocycles. The Morgan fingerprint density at radius 3 is 2.62 bits per heavy atom. The first-order valence-corrected chi connectivity index (χ1v) is 7.36. The van der Waals surface area contributed by atoms with E-state index in [1.54, 1.807) is 0 Å². The molecule has 0 bridgehead atoms. The Labute approximate surface area is 125 Å². The lowest BCUT2D eigenvalue weighted by atomic mass is 10.0. The summed E-state index contributed by atoms with van der Waals surface area (Å²) in [5.74, 6) is -0.00111. The van der Waals surface area contributed by atoms with Crippen LogP contribution in [0.5, 0.6) is 0 Å². The zero-order valence-corrected chi connectivity index (χ0v) is 12.5. The van der Waals surface area contributed by atoms with Crippen LogP contribution in [0, 0.1) is 6.92 Å². The van der Waals surface area contributed by atoms with Crippen molar-refractivity contribution >= 4 is 5.91 Å². The SMILES string of the molecule is Cc1ccc2n1CCN(C(=O)C(N)c1ccccc1)C2C. The number of amides is 1. The van der Waals surface area contributed by atoms with Crippen molar-refractivity contribution in [3.05, 3.63) is 59.4 Å². The van der Waals surface area contributed by atoms with Crippen LogP contribution in [0.15, 0.2) is 42.5 Å². The minimum atomic E-state index is -0.587. The quantitative estimate of drug-likeness (QED) is 0.920. The number of fused-ring (bicyclic) bond motifs is 1. The second-order valence-electron chi connectivity index (χ2n) is 5.65. The maximum atomic E-state index is 12.7. The van der Waals surface area contributed by atoms with Gasteiger partial charge in [0.05, 0.1) is 6.04 Å². The zero-order chi connectivity index (χ0) is 15.0. The zero-order valence-electron chi connectivity index (χ0n) is 12.5. The Morgan fingerprint density at radius 1 is 1.19 bits per heavy atom. The predicted molar refractivity (Wildman–Crippen MR) is 82.7 cm³/mol. The molecule has 0 spiro atoms. The highest BCUT2D eigenvalue weighted by Crippen LogP contribution is 2.29. The molecule has 1 aliphatic heterocycles. The number of aromatic nitrogens is 1. The second-order valence-corrected chi connectivity index (χ2v) is 5.65. The third kappa shape index (κ3) is 2.36. The number of carbonyl (C=O) groups excluding carboxylic acids is 1. The third-order valence-corrected chi connectivity index (χ3v) is 4.40. The van der Waals surface area contributed by atoms with E-state index in [1.165, 1.54) is 11.4 Å². The van der Waals surface area contributed by atoms with Crippen LogP contribution in [0.25, 0.3) is 0 Å². The van der Waals surface area contributed by atoms with Crippen molar-refractivity contribution in [1.29, 1.82) is 0 Å². The Hall–Kier alpha value is -2.07. The Kier molecular flexibility index (Phi) is 3.55. The van der Waals surface area contributed by atoms with E-state index < -0.39 is 6.04 Å². The summed E-state index contributed by atoms with van der Waals surface area (Å²) in [6, 6.07) is 13.3. The van der Waals surface area contributed by atoms with Crippen molar-refractivity contribution in [2.75, 3.05) is 6.54 Å². The first kappa shape index (κ1) is 13.9. The summed E-state index contributed by atoms with van der Waals surface area (Å²) in [7, 11) is 0. The van der Waals surface area contributed by atoms with Crippen LogP contribution < -0.4 is 5.73 Å². The van der Waals surface area contributed by atoms with Crippen molar-refractivity contribution in [1.82, 2.24) is 9.47 Å². The first-order valence-electron chi connectivity index (χ1n) is 7.36. The van der Waals surface area contributed by atoms with Crippen LogP contribution >= 0.6 is 0 Å². The van der Waals surface area contributed by atoms with Crippen LogP contribution in [0.3, 0.4) is 0 Å². The van der Waals surface area contributed by atoms with E-state index in [0.717, 1.165) is 12.1 Å². The van der Waals surface area contributed by atoms with Gasteiger partial charge in [-0.1, -0.05) is 30.3 Å². The summed E-state index contributed by atoms with van der Waals surface area (Å²) in [4.78, 5) is 14.6. The molecule has 1 aromatic carbocycles. The molecule has 4 heteroatoms. The van der Waals surface area contributed by atoms with E-state index in [0.29, 0.717) is 6.54 Å². The predicted octanol–water partition coefficient (Wildman–Crippen LogP) is 2.40. The van der Waals surface area contributed by atoms with Crippen LogP contribution in [-0.2, 0) is 11.3 Å². The number of hydrogen-bond donors (Lipinski definition) is 1. The lowest BCUT2D eigenvalue weighted by Gasteiger charge is -2.37. The molecular formula is C17H21N3O. The van der Waals surface area contributed by atoms with Gasteiger partial charge in [-0.05, 0) is 31.5 Å². The highest BCUT2D eigenvalue weighted by Gasteiger charge is 2.31. The lowest BCUT2D eigenvalue weighted by Crippen LogP contribution is -2.45. The number of nitrogens with zero attached hydrogens (tertiary/aromatic N) is 2. The maximum Gasteiger partial charge on any atom is 0.244 e. The number of rotatable bonds is 2. The minimum Gasteiger partial charge on any atom is -0.345 e. The van der Waals surface area contributed by atoms with Crippen LogP contribution in [0.4, 0.5) is 0 Å². The number of aryl methyl sites for hydroxylation is 1. The van der Waals surface area contributed by atoms with Gasteiger partial charge in [0.15, 0.2) is 0 Å². The summed E-state index contributed by atoms with van der Waals surface area (Å²) in [5.41, 5.74) is 9.46. The van der Waals surface area contributed by atoms with Gasteiger partial charge in [0.2, 0.25) is 5.91 Å². The van der Waals surface area contributed by atoms with Gasteiger partial charge in [-0.15, -0.1) is 0 Å². The highest BCUT2D eigenvalue weighted by atomic mass is 16.2. The smallest absolute Gasteiger partial charge is 0.244 e. The monoisotopic (exact) mass is 283 g/mol. The van der Waals surface area contributed by atoms with E-state index in [2.05, 4.69) is 30.5 Å².